The first-order valence-corrected chi connectivity index (χ1v) is 6.38. The van der Waals surface area contributed by atoms with Gasteiger partial charge in [0.25, 0.3) is 0 Å². The van der Waals surface area contributed by atoms with Crippen molar-refractivity contribution in [2.24, 2.45) is 0 Å². The largest absolute Gasteiger partial charge is 0.394 e. The van der Waals surface area contributed by atoms with Gasteiger partial charge >= 0.3 is 0 Å². The topological polar surface area (TPSA) is 72.8 Å². The van der Waals surface area contributed by atoms with Gasteiger partial charge in [0.2, 0.25) is 5.91 Å². The van der Waals surface area contributed by atoms with Gasteiger partial charge in [0.05, 0.1) is 25.3 Å². The van der Waals surface area contributed by atoms with Gasteiger partial charge < -0.3 is 15.1 Å². The summed E-state index contributed by atoms with van der Waals surface area (Å²) in [6, 6.07) is 0.411. The van der Waals surface area contributed by atoms with E-state index in [4.69, 9.17) is 0 Å². The Balaban J connectivity index is 2.44. The second-order valence-electron chi connectivity index (χ2n) is 4.71. The van der Waals surface area contributed by atoms with E-state index < -0.39 is 5.54 Å². The van der Waals surface area contributed by atoms with E-state index in [1.807, 2.05) is 18.7 Å². The van der Waals surface area contributed by atoms with Gasteiger partial charge in [0, 0.05) is 12.6 Å². The molecule has 1 aliphatic rings. The molecule has 0 aromatic heterocycles. The molecule has 0 aromatic carbocycles. The molecule has 0 bridgehead atoms. The molecule has 100 valence electrons. The Bertz CT molecular complexity index is 242. The van der Waals surface area contributed by atoms with Crippen LogP contribution in [0.1, 0.15) is 33.1 Å². The van der Waals surface area contributed by atoms with Crippen molar-refractivity contribution in [1.29, 1.82) is 0 Å². The molecular formula is C12H24N2O3. The standard InChI is InChI=1S/C12H24N2O3/c1-3-12(8-15,9-16)13-7-11(17)14(4-2)10-5-6-10/h10,13,15-16H,3-9H2,1-2H3. The van der Waals surface area contributed by atoms with Gasteiger partial charge in [-0.15, -0.1) is 0 Å². The molecule has 0 radical (unpaired) electrons. The maximum atomic E-state index is 12.0. The van der Waals surface area contributed by atoms with Crippen LogP contribution in [0.2, 0.25) is 0 Å². The third-order valence-corrected chi connectivity index (χ3v) is 3.55. The van der Waals surface area contributed by atoms with E-state index in [9.17, 15) is 15.0 Å². The summed E-state index contributed by atoms with van der Waals surface area (Å²) in [4.78, 5) is 13.8. The maximum absolute atomic E-state index is 12.0. The molecule has 5 nitrogen and oxygen atoms in total. The lowest BCUT2D eigenvalue weighted by Crippen LogP contribution is -2.54. The molecule has 1 fully saturated rings. The predicted molar refractivity (Wildman–Crippen MR) is 65.6 cm³/mol. The Morgan fingerprint density at radius 3 is 2.29 bits per heavy atom. The van der Waals surface area contributed by atoms with E-state index in [1.165, 1.54) is 0 Å². The summed E-state index contributed by atoms with van der Waals surface area (Å²) < 4.78 is 0. The van der Waals surface area contributed by atoms with Crippen molar-refractivity contribution in [3.8, 4) is 0 Å². The molecule has 0 aliphatic heterocycles. The smallest absolute Gasteiger partial charge is 0.236 e. The molecule has 0 atom stereocenters. The number of aliphatic hydroxyl groups excluding tert-OH is 2. The lowest BCUT2D eigenvalue weighted by Gasteiger charge is -2.31. The third-order valence-electron chi connectivity index (χ3n) is 3.55. The van der Waals surface area contributed by atoms with Gasteiger partial charge in [-0.25, -0.2) is 0 Å². The van der Waals surface area contributed by atoms with E-state index in [-0.39, 0.29) is 25.7 Å². The Hall–Kier alpha value is -0.650. The second-order valence-corrected chi connectivity index (χ2v) is 4.71. The van der Waals surface area contributed by atoms with Crippen LogP contribution in [0.15, 0.2) is 0 Å². The zero-order valence-corrected chi connectivity index (χ0v) is 10.8. The molecule has 0 unspecified atom stereocenters. The summed E-state index contributed by atoms with van der Waals surface area (Å²) in [7, 11) is 0. The van der Waals surface area contributed by atoms with Gasteiger partial charge in [0.1, 0.15) is 0 Å². The highest BCUT2D eigenvalue weighted by molar-refractivity contribution is 5.79. The van der Waals surface area contributed by atoms with Crippen molar-refractivity contribution in [1.82, 2.24) is 10.2 Å². The normalized spacial score (nSPS) is 16.0. The number of carbonyl (C=O) groups is 1. The van der Waals surface area contributed by atoms with Crippen LogP contribution in [-0.4, -0.2) is 58.9 Å². The molecule has 5 heteroatoms. The van der Waals surface area contributed by atoms with Gasteiger partial charge in [-0.1, -0.05) is 6.92 Å². The Labute approximate surface area is 103 Å². The molecule has 0 spiro atoms. The first-order valence-electron chi connectivity index (χ1n) is 6.38. The van der Waals surface area contributed by atoms with Gasteiger partial charge in [-0.3, -0.25) is 10.1 Å². The molecule has 0 heterocycles. The van der Waals surface area contributed by atoms with Crippen molar-refractivity contribution >= 4 is 5.91 Å². The molecule has 0 aromatic rings. The number of carbonyl (C=O) groups excluding carboxylic acids is 1. The van der Waals surface area contributed by atoms with Crippen molar-refractivity contribution in [2.75, 3.05) is 26.3 Å². The number of hydrogen-bond acceptors (Lipinski definition) is 4. The minimum absolute atomic E-state index is 0.0507. The van der Waals surface area contributed by atoms with Gasteiger partial charge in [0.15, 0.2) is 0 Å². The first-order chi connectivity index (χ1) is 8.12. The zero-order valence-electron chi connectivity index (χ0n) is 10.8. The average Bonchev–Trinajstić information content (AvgIpc) is 3.17. The summed E-state index contributed by atoms with van der Waals surface area (Å²) in [5.41, 5.74) is -0.737. The van der Waals surface area contributed by atoms with Crippen molar-refractivity contribution < 1.29 is 15.0 Å². The molecule has 1 rings (SSSR count). The summed E-state index contributed by atoms with van der Waals surface area (Å²) in [5, 5.41) is 21.5. The lowest BCUT2D eigenvalue weighted by molar-refractivity contribution is -0.131. The zero-order chi connectivity index (χ0) is 12.9. The summed E-state index contributed by atoms with van der Waals surface area (Å²) in [6.45, 7) is 4.43. The van der Waals surface area contributed by atoms with Gasteiger partial charge in [-0.2, -0.15) is 0 Å². The fourth-order valence-corrected chi connectivity index (χ4v) is 1.90. The van der Waals surface area contributed by atoms with Crippen molar-refractivity contribution in [2.45, 2.75) is 44.7 Å². The number of aliphatic hydroxyl groups is 2. The van der Waals surface area contributed by atoms with Crippen LogP contribution in [0.4, 0.5) is 0 Å². The SMILES string of the molecule is CCN(C(=O)CNC(CC)(CO)CO)C1CC1. The predicted octanol–water partition coefficient (Wildman–Crippen LogP) is -0.280. The molecule has 1 amide bonds. The highest BCUT2D eigenvalue weighted by Crippen LogP contribution is 2.26. The van der Waals surface area contributed by atoms with Crippen LogP contribution in [-0.2, 0) is 4.79 Å². The Kier molecular flexibility index (Phi) is 5.36. The summed E-state index contributed by atoms with van der Waals surface area (Å²) >= 11 is 0. The quantitative estimate of drug-likeness (QED) is 0.549. The minimum atomic E-state index is -0.737. The third kappa shape index (κ3) is 3.66. The fourth-order valence-electron chi connectivity index (χ4n) is 1.90. The molecular weight excluding hydrogens is 220 g/mol. The van der Waals surface area contributed by atoms with E-state index in [0.29, 0.717) is 12.5 Å². The maximum Gasteiger partial charge on any atom is 0.236 e. The number of nitrogens with one attached hydrogen (secondary N) is 1. The summed E-state index contributed by atoms with van der Waals surface area (Å²) in [6.07, 6.45) is 2.78. The molecule has 1 saturated carbocycles. The van der Waals surface area contributed by atoms with Crippen LogP contribution in [0.3, 0.4) is 0 Å². The number of rotatable bonds is 8. The highest BCUT2D eigenvalue weighted by atomic mass is 16.3. The summed E-state index contributed by atoms with van der Waals surface area (Å²) in [5.74, 6) is 0.0507. The average molecular weight is 244 g/mol. The fraction of sp³-hybridized carbons (Fsp3) is 0.917. The van der Waals surface area contributed by atoms with Crippen LogP contribution < -0.4 is 5.32 Å². The van der Waals surface area contributed by atoms with Crippen molar-refractivity contribution in [3.63, 3.8) is 0 Å². The van der Waals surface area contributed by atoms with Crippen LogP contribution in [0.25, 0.3) is 0 Å². The van der Waals surface area contributed by atoms with Crippen LogP contribution in [0, 0.1) is 0 Å². The number of nitrogens with zero attached hydrogens (tertiary/aromatic N) is 1. The minimum Gasteiger partial charge on any atom is -0.394 e. The van der Waals surface area contributed by atoms with E-state index >= 15 is 0 Å². The van der Waals surface area contributed by atoms with E-state index in [1.54, 1.807) is 0 Å². The van der Waals surface area contributed by atoms with E-state index in [0.717, 1.165) is 19.4 Å². The molecule has 0 saturated heterocycles. The number of likely N-dealkylation sites (N-methyl/N-ethyl adjacent to an activating group) is 1. The highest BCUT2D eigenvalue weighted by Gasteiger charge is 2.33. The van der Waals surface area contributed by atoms with Crippen molar-refractivity contribution in [3.05, 3.63) is 0 Å². The van der Waals surface area contributed by atoms with Gasteiger partial charge in [-0.05, 0) is 26.2 Å². The molecule has 3 N–H and O–H groups in total. The van der Waals surface area contributed by atoms with E-state index in [2.05, 4.69) is 5.32 Å². The van der Waals surface area contributed by atoms with Crippen LogP contribution in [0.5, 0.6) is 0 Å². The first kappa shape index (κ1) is 14.4. The second kappa shape index (κ2) is 6.33. The van der Waals surface area contributed by atoms with Crippen LogP contribution >= 0.6 is 0 Å². The number of amides is 1. The lowest BCUT2D eigenvalue weighted by atomic mass is 9.98. The Morgan fingerprint density at radius 2 is 1.94 bits per heavy atom. The number of hydrogen-bond donors (Lipinski definition) is 3. The Morgan fingerprint density at radius 1 is 1.35 bits per heavy atom. The molecule has 1 aliphatic carbocycles. The monoisotopic (exact) mass is 244 g/mol. The molecule has 17 heavy (non-hydrogen) atoms.